The van der Waals surface area contributed by atoms with E-state index in [0.717, 1.165) is 0 Å². The fourth-order valence-corrected chi connectivity index (χ4v) is 1.98. The summed E-state index contributed by atoms with van der Waals surface area (Å²) in [6.45, 7) is 2.40. The Hall–Kier alpha value is -3.44. The minimum Gasteiger partial charge on any atom is -0.490 e. The highest BCUT2D eigenvalue weighted by atomic mass is 16.5. The van der Waals surface area contributed by atoms with E-state index < -0.39 is 5.78 Å². The SMILES string of the molecule is C#CCOc1ccc(/C=C(\C#N)C(=O)c2ccco2)cc1OCC. The maximum atomic E-state index is 12.2. The summed E-state index contributed by atoms with van der Waals surface area (Å²) >= 11 is 0. The van der Waals surface area contributed by atoms with Crippen LogP contribution in [0.4, 0.5) is 0 Å². The molecule has 1 aromatic carbocycles. The van der Waals surface area contributed by atoms with Crippen molar-refractivity contribution in [2.45, 2.75) is 6.92 Å². The second kappa shape index (κ2) is 8.26. The van der Waals surface area contributed by atoms with Crippen molar-refractivity contribution in [2.75, 3.05) is 13.2 Å². The van der Waals surface area contributed by atoms with Gasteiger partial charge in [-0.15, -0.1) is 6.42 Å². The van der Waals surface area contributed by atoms with Gasteiger partial charge in [0.15, 0.2) is 17.3 Å². The van der Waals surface area contributed by atoms with Gasteiger partial charge in [-0.1, -0.05) is 12.0 Å². The van der Waals surface area contributed by atoms with Crippen molar-refractivity contribution in [3.05, 3.63) is 53.5 Å². The maximum Gasteiger partial charge on any atom is 0.238 e. The summed E-state index contributed by atoms with van der Waals surface area (Å²) in [7, 11) is 0. The van der Waals surface area contributed by atoms with Crippen molar-refractivity contribution >= 4 is 11.9 Å². The van der Waals surface area contributed by atoms with E-state index in [9.17, 15) is 10.1 Å². The highest BCUT2D eigenvalue weighted by Crippen LogP contribution is 2.29. The first-order chi connectivity index (χ1) is 11.7. The molecule has 0 aliphatic carbocycles. The van der Waals surface area contributed by atoms with Gasteiger partial charge in [0.05, 0.1) is 12.9 Å². The van der Waals surface area contributed by atoms with E-state index in [4.69, 9.17) is 20.3 Å². The minimum absolute atomic E-state index is 0.0373. The highest BCUT2D eigenvalue weighted by molar-refractivity contribution is 6.12. The summed E-state index contributed by atoms with van der Waals surface area (Å²) in [5, 5.41) is 9.24. The molecule has 5 nitrogen and oxygen atoms in total. The number of terminal acetylenes is 1. The van der Waals surface area contributed by atoms with Gasteiger partial charge in [-0.3, -0.25) is 4.79 Å². The van der Waals surface area contributed by atoms with Crippen LogP contribution in [-0.4, -0.2) is 19.0 Å². The average molecular weight is 321 g/mol. The van der Waals surface area contributed by atoms with Crippen LogP contribution in [0, 0.1) is 23.7 Å². The van der Waals surface area contributed by atoms with Crippen molar-refractivity contribution < 1.29 is 18.7 Å². The van der Waals surface area contributed by atoms with E-state index >= 15 is 0 Å². The Kier molecular flexibility index (Phi) is 5.82. The predicted molar refractivity (Wildman–Crippen MR) is 88.6 cm³/mol. The van der Waals surface area contributed by atoms with E-state index in [-0.39, 0.29) is 17.9 Å². The molecule has 0 amide bonds. The quantitative estimate of drug-likeness (QED) is 0.338. The third kappa shape index (κ3) is 4.06. The lowest BCUT2D eigenvalue weighted by atomic mass is 10.1. The molecular formula is C19H15NO4. The van der Waals surface area contributed by atoms with Crippen LogP contribution in [0.3, 0.4) is 0 Å². The summed E-state index contributed by atoms with van der Waals surface area (Å²) < 4.78 is 16.0. The van der Waals surface area contributed by atoms with Crippen LogP contribution in [0.15, 0.2) is 46.6 Å². The largest absolute Gasteiger partial charge is 0.490 e. The summed E-state index contributed by atoms with van der Waals surface area (Å²) in [4.78, 5) is 12.2. The first-order valence-corrected chi connectivity index (χ1v) is 7.22. The van der Waals surface area contributed by atoms with Crippen LogP contribution in [-0.2, 0) is 0 Å². The van der Waals surface area contributed by atoms with Crippen LogP contribution in [0.2, 0.25) is 0 Å². The fraction of sp³-hybridized carbons (Fsp3) is 0.158. The standard InChI is InChI=1S/C19H15NO4/c1-3-9-23-16-8-7-14(12-18(16)22-4-2)11-15(13-20)19(21)17-6-5-10-24-17/h1,5-8,10-12H,4,9H2,2H3/b15-11+. The second-order valence-electron chi connectivity index (χ2n) is 4.61. The van der Waals surface area contributed by atoms with E-state index in [1.54, 1.807) is 24.3 Å². The molecule has 2 aromatic rings. The number of ketones is 1. The fourth-order valence-electron chi connectivity index (χ4n) is 1.98. The zero-order valence-electron chi connectivity index (χ0n) is 13.1. The maximum absolute atomic E-state index is 12.2. The van der Waals surface area contributed by atoms with E-state index in [2.05, 4.69) is 5.92 Å². The number of hydrogen-bond acceptors (Lipinski definition) is 5. The van der Waals surface area contributed by atoms with E-state index in [0.29, 0.717) is 23.7 Å². The van der Waals surface area contributed by atoms with Gasteiger partial charge in [-0.2, -0.15) is 5.26 Å². The summed E-state index contributed by atoms with van der Waals surface area (Å²) in [6, 6.07) is 10.1. The molecule has 120 valence electrons. The number of allylic oxidation sites excluding steroid dienone is 1. The van der Waals surface area contributed by atoms with Gasteiger partial charge in [0.25, 0.3) is 0 Å². The topological polar surface area (TPSA) is 72.5 Å². The summed E-state index contributed by atoms with van der Waals surface area (Å²) in [5.41, 5.74) is 0.590. The number of ether oxygens (including phenoxy) is 2. The van der Waals surface area contributed by atoms with E-state index in [1.165, 1.54) is 18.4 Å². The molecule has 0 aliphatic heterocycles. The van der Waals surface area contributed by atoms with E-state index in [1.807, 2.05) is 13.0 Å². The van der Waals surface area contributed by atoms with Gasteiger partial charge >= 0.3 is 0 Å². The Morgan fingerprint density at radius 1 is 1.33 bits per heavy atom. The number of nitrogens with zero attached hydrogens (tertiary/aromatic N) is 1. The Morgan fingerprint density at radius 2 is 2.17 bits per heavy atom. The monoisotopic (exact) mass is 321 g/mol. The molecule has 0 saturated carbocycles. The molecule has 2 rings (SSSR count). The van der Waals surface area contributed by atoms with Gasteiger partial charge in [0.2, 0.25) is 5.78 Å². The molecule has 0 fully saturated rings. The predicted octanol–water partition coefficient (Wildman–Crippen LogP) is 3.48. The number of hydrogen-bond donors (Lipinski definition) is 0. The number of nitriles is 1. The molecule has 0 aliphatic rings. The molecule has 1 aromatic heterocycles. The average Bonchev–Trinajstić information content (AvgIpc) is 3.13. The van der Waals surface area contributed by atoms with Crippen LogP contribution in [0.25, 0.3) is 6.08 Å². The molecule has 0 unspecified atom stereocenters. The van der Waals surface area contributed by atoms with Gasteiger partial charge in [0.1, 0.15) is 18.2 Å². The van der Waals surface area contributed by atoms with Gasteiger partial charge in [-0.25, -0.2) is 0 Å². The molecule has 0 radical (unpaired) electrons. The second-order valence-corrected chi connectivity index (χ2v) is 4.61. The van der Waals surface area contributed by atoms with Crippen LogP contribution in [0.5, 0.6) is 11.5 Å². The highest BCUT2D eigenvalue weighted by Gasteiger charge is 2.15. The number of carbonyl (C=O) groups is 1. The molecule has 24 heavy (non-hydrogen) atoms. The van der Waals surface area contributed by atoms with Crippen LogP contribution < -0.4 is 9.47 Å². The smallest absolute Gasteiger partial charge is 0.238 e. The molecule has 0 atom stereocenters. The van der Waals surface area contributed by atoms with Gasteiger partial charge < -0.3 is 13.9 Å². The number of benzene rings is 1. The Labute approximate surface area is 140 Å². The number of carbonyl (C=O) groups excluding carboxylic acids is 1. The van der Waals surface area contributed by atoms with Crippen molar-refractivity contribution in [3.63, 3.8) is 0 Å². The molecule has 0 bridgehead atoms. The first-order valence-electron chi connectivity index (χ1n) is 7.22. The van der Waals surface area contributed by atoms with Crippen molar-refractivity contribution in [1.29, 1.82) is 5.26 Å². The molecular weight excluding hydrogens is 306 g/mol. The zero-order valence-corrected chi connectivity index (χ0v) is 13.1. The summed E-state index contributed by atoms with van der Waals surface area (Å²) in [6.07, 6.45) is 8.04. The van der Waals surface area contributed by atoms with Crippen LogP contribution >= 0.6 is 0 Å². The molecule has 0 N–H and O–H groups in total. The van der Waals surface area contributed by atoms with Crippen molar-refractivity contribution in [1.82, 2.24) is 0 Å². The molecule has 1 heterocycles. The first kappa shape index (κ1) is 16.9. The lowest BCUT2D eigenvalue weighted by Gasteiger charge is -2.11. The number of furan rings is 1. The minimum atomic E-state index is -0.479. The van der Waals surface area contributed by atoms with Crippen molar-refractivity contribution in [2.24, 2.45) is 0 Å². The number of Topliss-reactive ketones (excluding diaryl/α,β-unsaturated/α-hetero) is 1. The molecule has 0 saturated heterocycles. The van der Waals surface area contributed by atoms with Gasteiger partial charge in [0, 0.05) is 0 Å². The normalized spacial score (nSPS) is 10.5. The Morgan fingerprint density at radius 3 is 2.79 bits per heavy atom. The van der Waals surface area contributed by atoms with Gasteiger partial charge in [-0.05, 0) is 42.8 Å². The number of rotatable bonds is 7. The lowest BCUT2D eigenvalue weighted by Crippen LogP contribution is -2.01. The third-order valence-electron chi connectivity index (χ3n) is 3.00. The summed E-state index contributed by atoms with van der Waals surface area (Å²) in [5.74, 6) is 3.01. The van der Waals surface area contributed by atoms with Crippen LogP contribution in [0.1, 0.15) is 23.0 Å². The lowest BCUT2D eigenvalue weighted by molar-refractivity contribution is 0.101. The zero-order chi connectivity index (χ0) is 17.4. The Bertz CT molecular complexity index is 820. The Balaban J connectivity index is 2.33. The molecule has 5 heteroatoms. The third-order valence-corrected chi connectivity index (χ3v) is 3.00. The van der Waals surface area contributed by atoms with Crippen molar-refractivity contribution in [3.8, 4) is 29.9 Å². The molecule has 0 spiro atoms.